The number of fused-ring (bicyclic) bond motifs is 1. The van der Waals surface area contributed by atoms with E-state index >= 15 is 0 Å². The summed E-state index contributed by atoms with van der Waals surface area (Å²) in [4.78, 5) is 11.0. The molecule has 1 aliphatic rings. The Labute approximate surface area is 123 Å². The van der Waals surface area contributed by atoms with E-state index in [2.05, 4.69) is 34.0 Å². The summed E-state index contributed by atoms with van der Waals surface area (Å²) in [6, 6.07) is 0. The SMILES string of the molecule is Cc1sc2ncnc(Sc3nnc(C4CC4)o3)c2c1C. The van der Waals surface area contributed by atoms with Crippen LogP contribution in [0.2, 0.25) is 0 Å². The van der Waals surface area contributed by atoms with Gasteiger partial charge in [0.05, 0.1) is 0 Å². The maximum atomic E-state index is 5.69. The van der Waals surface area contributed by atoms with Crippen molar-refractivity contribution in [3.63, 3.8) is 0 Å². The van der Waals surface area contributed by atoms with Crippen LogP contribution in [-0.2, 0) is 0 Å². The number of thiophene rings is 1. The lowest BCUT2D eigenvalue weighted by molar-refractivity contribution is 0.414. The summed E-state index contributed by atoms with van der Waals surface area (Å²) in [5.74, 6) is 1.24. The van der Waals surface area contributed by atoms with Crippen LogP contribution in [0.15, 0.2) is 21.0 Å². The molecule has 0 aliphatic heterocycles. The average Bonchev–Trinajstić information content (AvgIpc) is 3.12. The summed E-state index contributed by atoms with van der Waals surface area (Å²) in [7, 11) is 0. The molecule has 3 aromatic rings. The number of hydrogen-bond donors (Lipinski definition) is 0. The number of aromatic nitrogens is 4. The first-order valence-electron chi connectivity index (χ1n) is 6.44. The third kappa shape index (κ3) is 2.01. The summed E-state index contributed by atoms with van der Waals surface area (Å²) in [6.07, 6.45) is 3.91. The van der Waals surface area contributed by atoms with Gasteiger partial charge in [-0.1, -0.05) is 0 Å². The van der Waals surface area contributed by atoms with Crippen molar-refractivity contribution in [2.75, 3.05) is 0 Å². The second-order valence-electron chi connectivity index (χ2n) is 4.92. The molecule has 5 nitrogen and oxygen atoms in total. The molecule has 0 bridgehead atoms. The second kappa shape index (κ2) is 4.53. The van der Waals surface area contributed by atoms with E-state index < -0.39 is 0 Å². The fraction of sp³-hybridized carbons (Fsp3) is 0.385. The Hall–Kier alpha value is -1.47. The van der Waals surface area contributed by atoms with Gasteiger partial charge in [0.15, 0.2) is 0 Å². The molecule has 1 fully saturated rings. The molecule has 0 aromatic carbocycles. The average molecular weight is 304 g/mol. The van der Waals surface area contributed by atoms with Crippen molar-refractivity contribution >= 4 is 33.3 Å². The third-order valence-electron chi connectivity index (χ3n) is 3.46. The predicted molar refractivity (Wildman–Crippen MR) is 77.3 cm³/mol. The minimum atomic E-state index is 0.479. The van der Waals surface area contributed by atoms with Crippen molar-refractivity contribution in [3.05, 3.63) is 22.7 Å². The lowest BCUT2D eigenvalue weighted by atomic mass is 10.2. The number of nitrogens with zero attached hydrogens (tertiary/aromatic N) is 4. The van der Waals surface area contributed by atoms with Gasteiger partial charge in [-0.15, -0.1) is 21.5 Å². The second-order valence-corrected chi connectivity index (χ2v) is 7.07. The Morgan fingerprint density at radius 2 is 2.10 bits per heavy atom. The molecule has 0 spiro atoms. The van der Waals surface area contributed by atoms with Gasteiger partial charge in [0, 0.05) is 16.2 Å². The summed E-state index contributed by atoms with van der Waals surface area (Å²) >= 11 is 3.12. The number of hydrogen-bond acceptors (Lipinski definition) is 7. The molecule has 1 saturated carbocycles. The highest BCUT2D eigenvalue weighted by atomic mass is 32.2. The van der Waals surface area contributed by atoms with Crippen LogP contribution in [0.1, 0.15) is 35.1 Å². The van der Waals surface area contributed by atoms with E-state index in [4.69, 9.17) is 4.42 Å². The van der Waals surface area contributed by atoms with E-state index in [0.717, 1.165) is 34.0 Å². The van der Waals surface area contributed by atoms with Crippen LogP contribution in [0.3, 0.4) is 0 Å². The normalized spacial score (nSPS) is 15.1. The molecular weight excluding hydrogens is 292 g/mol. The monoisotopic (exact) mass is 304 g/mol. The highest BCUT2D eigenvalue weighted by Crippen LogP contribution is 2.41. The van der Waals surface area contributed by atoms with Gasteiger partial charge in [-0.25, -0.2) is 9.97 Å². The van der Waals surface area contributed by atoms with Gasteiger partial charge >= 0.3 is 0 Å². The molecule has 0 saturated heterocycles. The Morgan fingerprint density at radius 1 is 1.25 bits per heavy atom. The Kier molecular flexibility index (Phi) is 2.78. The van der Waals surface area contributed by atoms with Crippen LogP contribution in [0.5, 0.6) is 0 Å². The molecule has 1 aliphatic carbocycles. The van der Waals surface area contributed by atoms with Crippen LogP contribution >= 0.6 is 23.1 Å². The van der Waals surface area contributed by atoms with E-state index in [-0.39, 0.29) is 0 Å². The lowest BCUT2D eigenvalue weighted by Gasteiger charge is -1.99. The molecule has 7 heteroatoms. The summed E-state index contributed by atoms with van der Waals surface area (Å²) in [5.41, 5.74) is 1.23. The summed E-state index contributed by atoms with van der Waals surface area (Å²) in [6.45, 7) is 4.21. The van der Waals surface area contributed by atoms with E-state index in [0.29, 0.717) is 11.1 Å². The first kappa shape index (κ1) is 12.3. The van der Waals surface area contributed by atoms with Gasteiger partial charge in [0.1, 0.15) is 16.2 Å². The Bertz CT molecular complexity index is 791. The molecule has 3 aromatic heterocycles. The molecule has 0 radical (unpaired) electrons. The third-order valence-corrected chi connectivity index (χ3v) is 5.42. The van der Waals surface area contributed by atoms with E-state index in [1.54, 1.807) is 17.7 Å². The standard InChI is InChI=1S/C13H12N4OS2/c1-6-7(2)19-11-9(6)12(15-5-14-11)20-13-17-16-10(18-13)8-3-4-8/h5,8H,3-4H2,1-2H3. The van der Waals surface area contributed by atoms with Gasteiger partial charge in [-0.05, 0) is 44.0 Å². The maximum absolute atomic E-state index is 5.69. The highest BCUT2D eigenvalue weighted by molar-refractivity contribution is 7.99. The van der Waals surface area contributed by atoms with Gasteiger partial charge in [0.25, 0.3) is 5.22 Å². The van der Waals surface area contributed by atoms with E-state index in [1.165, 1.54) is 22.2 Å². The molecule has 3 heterocycles. The van der Waals surface area contributed by atoms with Crippen LogP contribution in [-0.4, -0.2) is 20.2 Å². The highest BCUT2D eigenvalue weighted by Gasteiger charge is 2.29. The number of rotatable bonds is 3. The fourth-order valence-electron chi connectivity index (χ4n) is 2.07. The Balaban J connectivity index is 1.73. The van der Waals surface area contributed by atoms with Gasteiger partial charge in [0.2, 0.25) is 5.89 Å². The molecule has 0 amide bonds. The van der Waals surface area contributed by atoms with Gasteiger partial charge < -0.3 is 4.42 Å². The van der Waals surface area contributed by atoms with E-state index in [9.17, 15) is 0 Å². The molecule has 0 N–H and O–H groups in total. The number of aryl methyl sites for hydroxylation is 2. The zero-order valence-electron chi connectivity index (χ0n) is 11.1. The van der Waals surface area contributed by atoms with Gasteiger partial charge in [-0.3, -0.25) is 0 Å². The molecule has 0 atom stereocenters. The van der Waals surface area contributed by atoms with Crippen molar-refractivity contribution in [1.29, 1.82) is 0 Å². The van der Waals surface area contributed by atoms with Crippen molar-refractivity contribution < 1.29 is 4.42 Å². The predicted octanol–water partition coefficient (Wildman–Crippen LogP) is 3.72. The van der Waals surface area contributed by atoms with Gasteiger partial charge in [-0.2, -0.15) is 0 Å². The fourth-order valence-corrected chi connectivity index (χ4v) is 3.95. The van der Waals surface area contributed by atoms with Crippen LogP contribution in [0, 0.1) is 13.8 Å². The zero-order chi connectivity index (χ0) is 13.7. The Morgan fingerprint density at radius 3 is 2.90 bits per heavy atom. The quantitative estimate of drug-likeness (QED) is 0.687. The molecule has 4 rings (SSSR count). The summed E-state index contributed by atoms with van der Waals surface area (Å²) in [5, 5.41) is 10.8. The first-order valence-corrected chi connectivity index (χ1v) is 8.07. The molecular formula is C13H12N4OS2. The van der Waals surface area contributed by atoms with Crippen molar-refractivity contribution in [2.45, 2.75) is 42.9 Å². The summed E-state index contributed by atoms with van der Waals surface area (Å²) < 4.78 is 5.69. The van der Waals surface area contributed by atoms with Crippen molar-refractivity contribution in [1.82, 2.24) is 20.2 Å². The van der Waals surface area contributed by atoms with Crippen LogP contribution in [0.4, 0.5) is 0 Å². The van der Waals surface area contributed by atoms with Crippen molar-refractivity contribution in [3.8, 4) is 0 Å². The van der Waals surface area contributed by atoms with E-state index in [1.807, 2.05) is 0 Å². The minimum Gasteiger partial charge on any atom is -0.415 e. The molecule has 102 valence electrons. The largest absolute Gasteiger partial charge is 0.415 e. The molecule has 0 unspecified atom stereocenters. The smallest absolute Gasteiger partial charge is 0.282 e. The molecule has 20 heavy (non-hydrogen) atoms. The lowest BCUT2D eigenvalue weighted by Crippen LogP contribution is -1.85. The van der Waals surface area contributed by atoms with Crippen LogP contribution in [0.25, 0.3) is 10.2 Å². The maximum Gasteiger partial charge on any atom is 0.282 e. The van der Waals surface area contributed by atoms with Crippen molar-refractivity contribution in [2.24, 2.45) is 0 Å². The first-order chi connectivity index (χ1) is 9.72. The minimum absolute atomic E-state index is 0.479. The zero-order valence-corrected chi connectivity index (χ0v) is 12.7. The topological polar surface area (TPSA) is 64.7 Å². The van der Waals surface area contributed by atoms with Crippen LogP contribution < -0.4 is 0 Å².